The summed E-state index contributed by atoms with van der Waals surface area (Å²) in [5.74, 6) is 0.467. The van der Waals surface area contributed by atoms with Gasteiger partial charge in [-0.2, -0.15) is 0 Å². The van der Waals surface area contributed by atoms with Crippen molar-refractivity contribution in [3.63, 3.8) is 0 Å². The summed E-state index contributed by atoms with van der Waals surface area (Å²) in [5, 5.41) is 0. The van der Waals surface area contributed by atoms with Crippen LogP contribution in [-0.2, 0) is 22.8 Å². The summed E-state index contributed by atoms with van der Waals surface area (Å²) in [5.41, 5.74) is 0.474. The van der Waals surface area contributed by atoms with E-state index in [1.165, 1.54) is 44.9 Å². The van der Waals surface area contributed by atoms with Gasteiger partial charge in [-0.05, 0) is 32.1 Å². The molecular formula is C21H42O5Si. The Balaban J connectivity index is 3.66. The van der Waals surface area contributed by atoms with E-state index in [2.05, 4.69) is 13.5 Å². The molecule has 6 heteroatoms. The molecule has 0 saturated heterocycles. The summed E-state index contributed by atoms with van der Waals surface area (Å²) >= 11 is 0. The number of carbonyl (C=O) groups excluding carboxylic acids is 1. The lowest BCUT2D eigenvalue weighted by Crippen LogP contribution is -2.42. The minimum absolute atomic E-state index is 0.274. The lowest BCUT2D eigenvalue weighted by atomic mass is 9.93. The number of esters is 1. The molecule has 0 aromatic rings. The fourth-order valence-corrected chi connectivity index (χ4v) is 5.05. The number of hydrogen-bond donors (Lipinski definition) is 0. The number of rotatable bonds is 18. The monoisotopic (exact) mass is 402 g/mol. The highest BCUT2D eigenvalue weighted by molar-refractivity contribution is 6.60. The summed E-state index contributed by atoms with van der Waals surface area (Å²) in [6, 6.07) is 0.893. The van der Waals surface area contributed by atoms with Crippen molar-refractivity contribution in [2.45, 2.75) is 84.1 Å². The Morgan fingerprint density at radius 2 is 1.41 bits per heavy atom. The average Bonchev–Trinajstić information content (AvgIpc) is 2.68. The van der Waals surface area contributed by atoms with Gasteiger partial charge in [0.2, 0.25) is 0 Å². The first-order chi connectivity index (χ1) is 12.9. The van der Waals surface area contributed by atoms with Crippen LogP contribution in [0.5, 0.6) is 0 Å². The fourth-order valence-electron chi connectivity index (χ4n) is 3.25. The van der Waals surface area contributed by atoms with Gasteiger partial charge in [0.1, 0.15) is 0 Å². The van der Waals surface area contributed by atoms with Gasteiger partial charge in [-0.1, -0.05) is 58.4 Å². The highest BCUT2D eigenvalue weighted by atomic mass is 28.4. The van der Waals surface area contributed by atoms with Crippen molar-refractivity contribution < 1.29 is 22.8 Å². The standard InChI is InChI=1S/C21H42O5Si/c1-7-20(16-14-17-26-21(22)19(2)3)15-12-10-8-9-11-13-18-27(23-4,24-5)25-6/h20H,2,7-18H2,1,3-6H3. The van der Waals surface area contributed by atoms with Crippen LogP contribution in [-0.4, -0.2) is 42.7 Å². The molecule has 0 aliphatic heterocycles. The Labute approximate surface area is 168 Å². The SMILES string of the molecule is C=C(C)C(=O)OCCCC(CC)CCCCCCCC[Si](OC)(OC)OC. The summed E-state index contributed by atoms with van der Waals surface area (Å²) in [7, 11) is 2.64. The predicted octanol–water partition coefficient (Wildman–Crippen LogP) is 5.52. The van der Waals surface area contributed by atoms with Gasteiger partial charge >= 0.3 is 14.8 Å². The Morgan fingerprint density at radius 1 is 0.889 bits per heavy atom. The van der Waals surface area contributed by atoms with E-state index in [0.29, 0.717) is 12.2 Å². The highest BCUT2D eigenvalue weighted by Gasteiger charge is 2.36. The van der Waals surface area contributed by atoms with E-state index in [-0.39, 0.29) is 5.97 Å². The van der Waals surface area contributed by atoms with E-state index in [1.54, 1.807) is 28.3 Å². The molecule has 0 bridgehead atoms. The second kappa shape index (κ2) is 16.3. The average molecular weight is 403 g/mol. The molecular weight excluding hydrogens is 360 g/mol. The van der Waals surface area contributed by atoms with Crippen molar-refractivity contribution in [2.75, 3.05) is 27.9 Å². The lowest BCUT2D eigenvalue weighted by Gasteiger charge is -2.24. The summed E-state index contributed by atoms with van der Waals surface area (Å²) in [6.07, 6.45) is 12.0. The van der Waals surface area contributed by atoms with Crippen molar-refractivity contribution in [1.82, 2.24) is 0 Å². The quantitative estimate of drug-likeness (QED) is 0.131. The van der Waals surface area contributed by atoms with E-state index in [9.17, 15) is 4.79 Å². The number of unbranched alkanes of at least 4 members (excludes halogenated alkanes) is 5. The molecule has 160 valence electrons. The van der Waals surface area contributed by atoms with Crippen molar-refractivity contribution in [2.24, 2.45) is 5.92 Å². The van der Waals surface area contributed by atoms with Gasteiger partial charge < -0.3 is 18.0 Å². The van der Waals surface area contributed by atoms with Crippen molar-refractivity contribution in [1.29, 1.82) is 0 Å². The van der Waals surface area contributed by atoms with Crippen molar-refractivity contribution in [3.8, 4) is 0 Å². The number of hydrogen-bond acceptors (Lipinski definition) is 5. The molecule has 0 aliphatic rings. The predicted molar refractivity (Wildman–Crippen MR) is 113 cm³/mol. The number of ether oxygens (including phenoxy) is 1. The first-order valence-corrected chi connectivity index (χ1v) is 12.4. The molecule has 27 heavy (non-hydrogen) atoms. The second-order valence-corrected chi connectivity index (χ2v) is 10.4. The third-order valence-corrected chi connectivity index (χ3v) is 8.03. The van der Waals surface area contributed by atoms with Crippen LogP contribution in [0, 0.1) is 5.92 Å². The molecule has 0 aromatic carbocycles. The molecule has 0 spiro atoms. The van der Waals surface area contributed by atoms with E-state index in [0.717, 1.165) is 31.2 Å². The van der Waals surface area contributed by atoms with Crippen molar-refractivity contribution >= 4 is 14.8 Å². The van der Waals surface area contributed by atoms with Crippen LogP contribution < -0.4 is 0 Å². The van der Waals surface area contributed by atoms with Gasteiger partial charge in [-0.25, -0.2) is 4.79 Å². The van der Waals surface area contributed by atoms with Gasteiger partial charge in [0.05, 0.1) is 6.61 Å². The van der Waals surface area contributed by atoms with Gasteiger partial charge in [-0.15, -0.1) is 0 Å². The molecule has 0 aromatic heterocycles. The van der Waals surface area contributed by atoms with E-state index < -0.39 is 8.80 Å². The zero-order valence-corrected chi connectivity index (χ0v) is 19.3. The molecule has 0 fully saturated rings. The number of carbonyl (C=O) groups is 1. The summed E-state index contributed by atoms with van der Waals surface area (Å²) < 4.78 is 21.5. The molecule has 0 radical (unpaired) electrons. The van der Waals surface area contributed by atoms with E-state index >= 15 is 0 Å². The fraction of sp³-hybridized carbons (Fsp3) is 0.857. The second-order valence-electron chi connectivity index (χ2n) is 7.29. The maximum atomic E-state index is 11.3. The van der Waals surface area contributed by atoms with Crippen LogP contribution in [0.15, 0.2) is 12.2 Å². The van der Waals surface area contributed by atoms with Gasteiger partial charge in [0, 0.05) is 32.9 Å². The Kier molecular flexibility index (Phi) is 15.9. The van der Waals surface area contributed by atoms with E-state index in [1.807, 2.05) is 0 Å². The van der Waals surface area contributed by atoms with Gasteiger partial charge in [0.25, 0.3) is 0 Å². The Bertz CT molecular complexity index is 388. The summed E-state index contributed by atoms with van der Waals surface area (Å²) in [4.78, 5) is 11.3. The highest BCUT2D eigenvalue weighted by Crippen LogP contribution is 2.21. The smallest absolute Gasteiger partial charge is 0.462 e. The van der Waals surface area contributed by atoms with Crippen LogP contribution in [0.2, 0.25) is 6.04 Å². The van der Waals surface area contributed by atoms with Crippen LogP contribution in [0.4, 0.5) is 0 Å². The van der Waals surface area contributed by atoms with Gasteiger partial charge in [-0.3, -0.25) is 0 Å². The van der Waals surface area contributed by atoms with Crippen LogP contribution in [0.25, 0.3) is 0 Å². The normalized spacial score (nSPS) is 12.8. The Morgan fingerprint density at radius 3 is 1.93 bits per heavy atom. The maximum Gasteiger partial charge on any atom is 0.500 e. The topological polar surface area (TPSA) is 54.0 Å². The largest absolute Gasteiger partial charge is 0.500 e. The minimum Gasteiger partial charge on any atom is -0.462 e. The zero-order valence-electron chi connectivity index (χ0n) is 18.3. The maximum absolute atomic E-state index is 11.3. The molecule has 0 aliphatic carbocycles. The first kappa shape index (κ1) is 26.3. The minimum atomic E-state index is -2.38. The molecule has 0 saturated carbocycles. The van der Waals surface area contributed by atoms with Gasteiger partial charge in [0.15, 0.2) is 0 Å². The molecule has 0 N–H and O–H groups in total. The summed E-state index contributed by atoms with van der Waals surface area (Å²) in [6.45, 7) is 8.04. The first-order valence-electron chi connectivity index (χ1n) is 10.4. The van der Waals surface area contributed by atoms with E-state index in [4.69, 9.17) is 18.0 Å². The zero-order chi connectivity index (χ0) is 20.5. The van der Waals surface area contributed by atoms with Crippen LogP contribution >= 0.6 is 0 Å². The van der Waals surface area contributed by atoms with Crippen LogP contribution in [0.1, 0.15) is 78.1 Å². The third kappa shape index (κ3) is 12.4. The Hall–Kier alpha value is -0.693. The molecule has 0 amide bonds. The van der Waals surface area contributed by atoms with Crippen LogP contribution in [0.3, 0.4) is 0 Å². The molecule has 0 rings (SSSR count). The molecule has 0 heterocycles. The van der Waals surface area contributed by atoms with Crippen molar-refractivity contribution in [3.05, 3.63) is 12.2 Å². The molecule has 5 nitrogen and oxygen atoms in total. The lowest BCUT2D eigenvalue weighted by molar-refractivity contribution is -0.139. The molecule has 1 unspecified atom stereocenters. The molecule has 1 atom stereocenters. The third-order valence-electron chi connectivity index (χ3n) is 5.19.